The van der Waals surface area contributed by atoms with Gasteiger partial charge < -0.3 is 15.2 Å². The van der Waals surface area contributed by atoms with Crippen molar-refractivity contribution in [3.05, 3.63) is 29.8 Å². The molecule has 1 aromatic rings. The van der Waals surface area contributed by atoms with E-state index in [0.29, 0.717) is 5.75 Å². The maximum atomic E-state index is 12.1. The molecule has 0 bridgehead atoms. The van der Waals surface area contributed by atoms with Gasteiger partial charge in [0.25, 0.3) is 5.91 Å². The van der Waals surface area contributed by atoms with E-state index >= 15 is 0 Å². The average molecular weight is 293 g/mol. The first kappa shape index (κ1) is 17.0. The molecule has 0 aliphatic heterocycles. The van der Waals surface area contributed by atoms with Gasteiger partial charge >= 0.3 is 5.97 Å². The number of rotatable bonds is 5. The van der Waals surface area contributed by atoms with Gasteiger partial charge in [-0.15, -0.1) is 0 Å². The predicted molar refractivity (Wildman–Crippen MR) is 80.3 cm³/mol. The SMILES string of the molecule is Cc1ccc(OC(C)C(=O)NC(C(=O)O)C(C)(C)C)cc1. The van der Waals surface area contributed by atoms with Crippen molar-refractivity contribution in [3.63, 3.8) is 0 Å². The summed E-state index contributed by atoms with van der Waals surface area (Å²) in [6, 6.07) is 6.36. The number of amides is 1. The molecule has 0 saturated heterocycles. The summed E-state index contributed by atoms with van der Waals surface area (Å²) in [6.45, 7) is 8.84. The van der Waals surface area contributed by atoms with Gasteiger partial charge in [-0.1, -0.05) is 38.5 Å². The van der Waals surface area contributed by atoms with Crippen molar-refractivity contribution in [2.45, 2.75) is 46.8 Å². The molecule has 0 saturated carbocycles. The molecule has 5 heteroatoms. The van der Waals surface area contributed by atoms with Gasteiger partial charge in [0.15, 0.2) is 6.10 Å². The van der Waals surface area contributed by atoms with Crippen molar-refractivity contribution in [3.8, 4) is 5.75 Å². The molecule has 0 spiro atoms. The van der Waals surface area contributed by atoms with Gasteiger partial charge in [0.2, 0.25) is 0 Å². The van der Waals surface area contributed by atoms with Crippen LogP contribution < -0.4 is 10.1 Å². The molecule has 1 amide bonds. The molecule has 5 nitrogen and oxygen atoms in total. The van der Waals surface area contributed by atoms with E-state index in [1.54, 1.807) is 39.8 Å². The normalized spacial score (nSPS) is 14.1. The number of hydrogen-bond acceptors (Lipinski definition) is 3. The number of carboxylic acid groups (broad SMARTS) is 1. The largest absolute Gasteiger partial charge is 0.481 e. The Labute approximate surface area is 125 Å². The second-order valence-electron chi connectivity index (χ2n) is 6.22. The first-order chi connectivity index (χ1) is 9.61. The van der Waals surface area contributed by atoms with Gasteiger partial charge in [0.05, 0.1) is 0 Å². The van der Waals surface area contributed by atoms with Gasteiger partial charge in [-0.25, -0.2) is 4.79 Å². The van der Waals surface area contributed by atoms with Gasteiger partial charge in [0.1, 0.15) is 11.8 Å². The van der Waals surface area contributed by atoms with Gasteiger partial charge in [-0.05, 0) is 31.4 Å². The Morgan fingerprint density at radius 1 is 1.19 bits per heavy atom. The number of ether oxygens (including phenoxy) is 1. The molecule has 0 radical (unpaired) electrons. The van der Waals surface area contributed by atoms with E-state index in [4.69, 9.17) is 4.74 Å². The molecule has 1 rings (SSSR count). The zero-order valence-electron chi connectivity index (χ0n) is 13.1. The molecule has 1 aromatic carbocycles. The van der Waals surface area contributed by atoms with Gasteiger partial charge in [-0.2, -0.15) is 0 Å². The molecule has 0 aromatic heterocycles. The van der Waals surface area contributed by atoms with Gasteiger partial charge in [0, 0.05) is 0 Å². The van der Waals surface area contributed by atoms with Crippen molar-refractivity contribution >= 4 is 11.9 Å². The fourth-order valence-corrected chi connectivity index (χ4v) is 1.78. The third-order valence-corrected chi connectivity index (χ3v) is 3.10. The number of hydrogen-bond donors (Lipinski definition) is 2. The summed E-state index contributed by atoms with van der Waals surface area (Å²) in [5.41, 5.74) is 0.517. The van der Waals surface area contributed by atoms with E-state index < -0.39 is 29.4 Å². The Balaban J connectivity index is 2.69. The summed E-state index contributed by atoms with van der Waals surface area (Å²) in [5, 5.41) is 11.7. The monoisotopic (exact) mass is 293 g/mol. The Morgan fingerprint density at radius 2 is 1.71 bits per heavy atom. The Morgan fingerprint density at radius 3 is 2.14 bits per heavy atom. The zero-order chi connectivity index (χ0) is 16.2. The van der Waals surface area contributed by atoms with Crippen LogP contribution in [0.3, 0.4) is 0 Å². The average Bonchev–Trinajstić information content (AvgIpc) is 2.36. The van der Waals surface area contributed by atoms with Crippen molar-refractivity contribution in [2.75, 3.05) is 0 Å². The van der Waals surface area contributed by atoms with Crippen molar-refractivity contribution < 1.29 is 19.4 Å². The molecule has 0 heterocycles. The number of aryl methyl sites for hydroxylation is 1. The second kappa shape index (κ2) is 6.61. The Bertz CT molecular complexity index is 502. The maximum absolute atomic E-state index is 12.1. The van der Waals surface area contributed by atoms with Crippen LogP contribution in [0.25, 0.3) is 0 Å². The predicted octanol–water partition coefficient (Wildman–Crippen LogP) is 2.38. The summed E-state index contributed by atoms with van der Waals surface area (Å²) >= 11 is 0. The maximum Gasteiger partial charge on any atom is 0.326 e. The standard InChI is InChI=1S/C16H23NO4/c1-10-6-8-12(9-7-10)21-11(2)14(18)17-13(15(19)20)16(3,4)5/h6-9,11,13H,1-5H3,(H,17,18)(H,19,20). The number of carboxylic acids is 1. The fourth-order valence-electron chi connectivity index (χ4n) is 1.78. The fraction of sp³-hybridized carbons (Fsp3) is 0.500. The number of carbonyl (C=O) groups is 2. The summed E-state index contributed by atoms with van der Waals surface area (Å²) in [6.07, 6.45) is -0.767. The van der Waals surface area contributed by atoms with E-state index in [2.05, 4.69) is 5.32 Å². The zero-order valence-corrected chi connectivity index (χ0v) is 13.1. The Hall–Kier alpha value is -2.04. The van der Waals surface area contributed by atoms with Crippen LogP contribution in [0.2, 0.25) is 0 Å². The van der Waals surface area contributed by atoms with Crippen LogP contribution in [-0.4, -0.2) is 29.1 Å². The lowest BCUT2D eigenvalue weighted by Gasteiger charge is -2.28. The lowest BCUT2D eigenvalue weighted by atomic mass is 9.86. The van der Waals surface area contributed by atoms with Crippen LogP contribution >= 0.6 is 0 Å². The van der Waals surface area contributed by atoms with E-state index in [9.17, 15) is 14.7 Å². The quantitative estimate of drug-likeness (QED) is 0.874. The highest BCUT2D eigenvalue weighted by Gasteiger charge is 2.33. The summed E-state index contributed by atoms with van der Waals surface area (Å²) < 4.78 is 5.52. The molecule has 0 fully saturated rings. The van der Waals surface area contributed by atoms with Crippen molar-refractivity contribution in [2.24, 2.45) is 5.41 Å². The molecule has 21 heavy (non-hydrogen) atoms. The van der Waals surface area contributed by atoms with E-state index in [0.717, 1.165) is 5.56 Å². The second-order valence-corrected chi connectivity index (χ2v) is 6.22. The highest BCUT2D eigenvalue weighted by molar-refractivity contribution is 5.86. The minimum absolute atomic E-state index is 0.446. The Kier molecular flexibility index (Phi) is 5.35. The van der Waals surface area contributed by atoms with Crippen LogP contribution in [0.1, 0.15) is 33.3 Å². The molecular weight excluding hydrogens is 270 g/mol. The molecule has 0 aliphatic carbocycles. The highest BCUT2D eigenvalue weighted by Crippen LogP contribution is 2.20. The smallest absolute Gasteiger partial charge is 0.326 e. The van der Waals surface area contributed by atoms with Crippen LogP contribution in [0.4, 0.5) is 0 Å². The lowest BCUT2D eigenvalue weighted by Crippen LogP contribution is -2.52. The van der Waals surface area contributed by atoms with Gasteiger partial charge in [-0.3, -0.25) is 4.79 Å². The summed E-state index contributed by atoms with van der Waals surface area (Å²) in [4.78, 5) is 23.3. The summed E-state index contributed by atoms with van der Waals surface area (Å²) in [7, 11) is 0. The van der Waals surface area contributed by atoms with E-state index in [1.807, 2.05) is 19.1 Å². The number of benzene rings is 1. The third-order valence-electron chi connectivity index (χ3n) is 3.10. The third kappa shape index (κ3) is 5.10. The van der Waals surface area contributed by atoms with E-state index in [-0.39, 0.29) is 0 Å². The molecular formula is C16H23NO4. The van der Waals surface area contributed by atoms with Crippen LogP contribution in [0.15, 0.2) is 24.3 Å². The van der Waals surface area contributed by atoms with E-state index in [1.165, 1.54) is 0 Å². The molecule has 2 atom stereocenters. The van der Waals surface area contributed by atoms with Crippen molar-refractivity contribution in [1.29, 1.82) is 0 Å². The molecule has 2 N–H and O–H groups in total. The molecule has 116 valence electrons. The first-order valence-corrected chi connectivity index (χ1v) is 6.88. The number of aliphatic carboxylic acids is 1. The highest BCUT2D eigenvalue weighted by atomic mass is 16.5. The molecule has 2 unspecified atom stereocenters. The number of carbonyl (C=O) groups excluding carboxylic acids is 1. The topological polar surface area (TPSA) is 75.6 Å². The first-order valence-electron chi connectivity index (χ1n) is 6.88. The minimum atomic E-state index is -1.06. The summed E-state index contributed by atoms with van der Waals surface area (Å²) in [5.74, 6) is -0.929. The van der Waals surface area contributed by atoms with Crippen LogP contribution in [-0.2, 0) is 9.59 Å². The van der Waals surface area contributed by atoms with Crippen molar-refractivity contribution in [1.82, 2.24) is 5.32 Å². The molecule has 0 aliphatic rings. The minimum Gasteiger partial charge on any atom is -0.481 e. The van der Waals surface area contributed by atoms with Crippen LogP contribution in [0, 0.1) is 12.3 Å². The number of nitrogens with one attached hydrogen (secondary N) is 1. The van der Waals surface area contributed by atoms with Crippen LogP contribution in [0.5, 0.6) is 5.75 Å². The lowest BCUT2D eigenvalue weighted by molar-refractivity contribution is -0.146.